The van der Waals surface area contributed by atoms with Gasteiger partial charge in [0.1, 0.15) is 9.84 Å². The van der Waals surface area contributed by atoms with E-state index in [2.05, 4.69) is 9.97 Å². The third kappa shape index (κ3) is 4.30. The number of fused-ring (bicyclic) bond motifs is 1. The monoisotopic (exact) mass is 435 g/mol. The van der Waals surface area contributed by atoms with Crippen LogP contribution in [0.2, 0.25) is 0 Å². The van der Waals surface area contributed by atoms with Gasteiger partial charge in [0.15, 0.2) is 5.75 Å². The van der Waals surface area contributed by atoms with E-state index >= 15 is 0 Å². The maximum Gasteiger partial charge on any atom is 0.335 e. The minimum atomic E-state index is -3.53. The van der Waals surface area contributed by atoms with Gasteiger partial charge in [0.2, 0.25) is 0 Å². The predicted molar refractivity (Wildman–Crippen MR) is 109 cm³/mol. The molecule has 3 rings (SSSR count). The van der Waals surface area contributed by atoms with Crippen molar-refractivity contribution in [3.8, 4) is 11.6 Å². The van der Waals surface area contributed by atoms with Gasteiger partial charge < -0.3 is 19.6 Å². The number of aromatic carboxylic acids is 1. The number of ether oxygens (including phenoxy) is 2. The van der Waals surface area contributed by atoms with Gasteiger partial charge in [-0.15, -0.1) is 0 Å². The van der Waals surface area contributed by atoms with Gasteiger partial charge in [0.25, 0.3) is 5.88 Å². The van der Waals surface area contributed by atoms with E-state index in [1.807, 2.05) is 0 Å². The number of aromatic nitrogens is 3. The normalized spacial score (nSPS) is 12.6. The molecular weight excluding hydrogens is 414 g/mol. The Morgan fingerprint density at radius 2 is 2.03 bits per heavy atom. The van der Waals surface area contributed by atoms with Crippen molar-refractivity contribution in [1.82, 2.24) is 14.5 Å². The Morgan fingerprint density at radius 3 is 2.63 bits per heavy atom. The molecule has 0 aliphatic carbocycles. The van der Waals surface area contributed by atoms with Crippen LogP contribution in [0.25, 0.3) is 11.0 Å². The highest BCUT2D eigenvalue weighted by atomic mass is 32.2. The summed E-state index contributed by atoms with van der Waals surface area (Å²) in [7, 11) is -2.07. The maximum atomic E-state index is 12.7. The average Bonchev–Trinajstić information content (AvgIpc) is 3.00. The Labute approximate surface area is 172 Å². The highest BCUT2D eigenvalue weighted by Crippen LogP contribution is 2.29. The van der Waals surface area contributed by atoms with Crippen LogP contribution in [0.5, 0.6) is 11.6 Å². The second kappa shape index (κ2) is 8.19. The lowest BCUT2D eigenvalue weighted by atomic mass is 10.1. The molecule has 0 aliphatic rings. The number of rotatable bonds is 8. The molecule has 0 bridgehead atoms. The van der Waals surface area contributed by atoms with Crippen LogP contribution >= 0.6 is 0 Å². The van der Waals surface area contributed by atoms with Crippen LogP contribution in [-0.2, 0) is 9.84 Å². The Kier molecular flexibility index (Phi) is 5.83. The molecule has 0 spiro atoms. The van der Waals surface area contributed by atoms with E-state index in [0.29, 0.717) is 17.9 Å². The summed E-state index contributed by atoms with van der Waals surface area (Å²) in [5, 5.41) is 9.18. The first-order valence-corrected chi connectivity index (χ1v) is 11.0. The van der Waals surface area contributed by atoms with Gasteiger partial charge in [-0.2, -0.15) is 0 Å². The Morgan fingerprint density at radius 1 is 1.30 bits per heavy atom. The first-order chi connectivity index (χ1) is 14.1. The maximum absolute atomic E-state index is 12.7. The number of hydrogen-bond donors (Lipinski definition) is 2. The number of hydrogen-bond acceptors (Lipinski definition) is 7. The summed E-state index contributed by atoms with van der Waals surface area (Å²) in [6.45, 7) is 2.08. The lowest BCUT2D eigenvalue weighted by Gasteiger charge is -2.19. The molecule has 2 aromatic heterocycles. The zero-order valence-electron chi connectivity index (χ0n) is 16.6. The fourth-order valence-electron chi connectivity index (χ4n) is 3.18. The molecular formula is C19H21N3O7S. The second-order valence-corrected chi connectivity index (χ2v) is 8.81. The van der Waals surface area contributed by atoms with Crippen LogP contribution in [0.3, 0.4) is 0 Å². The smallest absolute Gasteiger partial charge is 0.335 e. The number of carbonyl (C=O) groups is 1. The van der Waals surface area contributed by atoms with Crippen LogP contribution in [-0.4, -0.2) is 59.8 Å². The summed E-state index contributed by atoms with van der Waals surface area (Å²) in [4.78, 5) is 30.9. The molecule has 30 heavy (non-hydrogen) atoms. The van der Waals surface area contributed by atoms with Gasteiger partial charge in [-0.1, -0.05) is 0 Å². The molecule has 0 fully saturated rings. The molecule has 10 nitrogen and oxygen atoms in total. The van der Waals surface area contributed by atoms with E-state index in [9.17, 15) is 23.1 Å². The van der Waals surface area contributed by atoms with Crippen molar-refractivity contribution in [2.75, 3.05) is 25.7 Å². The summed E-state index contributed by atoms with van der Waals surface area (Å²) in [6, 6.07) is 6.30. The molecule has 0 saturated carbocycles. The number of carboxylic acids is 1. The summed E-state index contributed by atoms with van der Waals surface area (Å²) in [5.74, 6) is -0.990. The summed E-state index contributed by atoms with van der Waals surface area (Å²) < 4.78 is 36.2. The summed E-state index contributed by atoms with van der Waals surface area (Å²) in [5.41, 5.74) is 0.328. The number of carboxylic acid groups (broad SMARTS) is 1. The van der Waals surface area contributed by atoms with E-state index in [1.54, 1.807) is 19.1 Å². The lowest BCUT2D eigenvalue weighted by Crippen LogP contribution is -2.29. The topological polar surface area (TPSA) is 141 Å². The van der Waals surface area contributed by atoms with Crippen molar-refractivity contribution in [3.05, 3.63) is 52.1 Å². The molecule has 2 N–H and O–H groups in total. The number of sulfone groups is 1. The fourth-order valence-corrected chi connectivity index (χ4v) is 4.07. The van der Waals surface area contributed by atoms with Crippen molar-refractivity contribution < 1.29 is 27.8 Å². The van der Waals surface area contributed by atoms with Gasteiger partial charge in [-0.05, 0) is 37.3 Å². The molecule has 0 saturated heterocycles. The molecule has 160 valence electrons. The minimum Gasteiger partial charge on any atom is -0.491 e. The third-order valence-corrected chi connectivity index (χ3v) is 5.35. The van der Waals surface area contributed by atoms with Crippen LogP contribution in [0, 0.1) is 0 Å². The number of H-pyrrole nitrogens is 1. The van der Waals surface area contributed by atoms with Crippen molar-refractivity contribution in [2.24, 2.45) is 0 Å². The molecule has 1 atom stereocenters. The molecule has 3 aromatic rings. The van der Waals surface area contributed by atoms with Crippen molar-refractivity contribution >= 4 is 26.8 Å². The Hall–Kier alpha value is -3.34. The first-order valence-electron chi connectivity index (χ1n) is 8.97. The zero-order valence-corrected chi connectivity index (χ0v) is 17.4. The van der Waals surface area contributed by atoms with Gasteiger partial charge in [0.05, 0.1) is 47.8 Å². The molecule has 1 aromatic carbocycles. The van der Waals surface area contributed by atoms with Crippen LogP contribution in [0.4, 0.5) is 0 Å². The average molecular weight is 435 g/mol. The SMILES string of the molecule is CCOc1nc(C(CS(C)(=O)=O)n2c(=O)[nH]c3cc(C(=O)O)ccc32)ccc1OC. The number of pyridine rings is 1. The van der Waals surface area contributed by atoms with E-state index in [-0.39, 0.29) is 22.7 Å². The summed E-state index contributed by atoms with van der Waals surface area (Å²) in [6.07, 6.45) is 1.06. The Balaban J connectivity index is 2.23. The quantitative estimate of drug-likeness (QED) is 0.542. The number of benzene rings is 1. The number of imidazole rings is 1. The van der Waals surface area contributed by atoms with Crippen LogP contribution in [0.15, 0.2) is 35.1 Å². The van der Waals surface area contributed by atoms with Gasteiger partial charge in [0, 0.05) is 6.26 Å². The highest BCUT2D eigenvalue weighted by Gasteiger charge is 2.26. The van der Waals surface area contributed by atoms with E-state index in [4.69, 9.17) is 9.47 Å². The highest BCUT2D eigenvalue weighted by molar-refractivity contribution is 7.90. The first kappa shape index (κ1) is 21.4. The fraction of sp³-hybridized carbons (Fsp3) is 0.316. The van der Waals surface area contributed by atoms with Crippen molar-refractivity contribution in [2.45, 2.75) is 13.0 Å². The number of nitrogens with zero attached hydrogens (tertiary/aromatic N) is 2. The molecule has 0 aliphatic heterocycles. The van der Waals surface area contributed by atoms with E-state index < -0.39 is 33.3 Å². The number of aromatic amines is 1. The van der Waals surface area contributed by atoms with Crippen molar-refractivity contribution in [3.63, 3.8) is 0 Å². The lowest BCUT2D eigenvalue weighted by molar-refractivity contribution is 0.0697. The molecule has 0 radical (unpaired) electrons. The number of methoxy groups -OCH3 is 1. The molecule has 2 heterocycles. The van der Waals surface area contributed by atoms with E-state index in [1.165, 1.54) is 29.9 Å². The molecule has 11 heteroatoms. The standard InChI is InChI=1S/C19H21N3O7S/c1-4-29-17-16(28-2)8-6-12(20-17)15(10-30(3,26)27)22-14-7-5-11(18(23)24)9-13(14)21-19(22)25/h5-9,15H,4,10H2,1-3H3,(H,21,25)(H,23,24). The molecule has 1 unspecified atom stereocenters. The van der Waals surface area contributed by atoms with Gasteiger partial charge >= 0.3 is 11.7 Å². The minimum absolute atomic E-state index is 0.00299. The molecule has 0 amide bonds. The third-order valence-electron chi connectivity index (χ3n) is 4.43. The number of nitrogens with one attached hydrogen (secondary N) is 1. The second-order valence-electron chi connectivity index (χ2n) is 6.62. The summed E-state index contributed by atoms with van der Waals surface area (Å²) >= 11 is 0. The predicted octanol–water partition coefficient (Wildman–Crippen LogP) is 1.46. The Bertz CT molecular complexity index is 1260. The van der Waals surface area contributed by atoms with E-state index in [0.717, 1.165) is 6.26 Å². The van der Waals surface area contributed by atoms with Crippen LogP contribution in [0.1, 0.15) is 29.0 Å². The largest absolute Gasteiger partial charge is 0.491 e. The van der Waals surface area contributed by atoms with Crippen LogP contribution < -0.4 is 15.2 Å². The van der Waals surface area contributed by atoms with Crippen molar-refractivity contribution in [1.29, 1.82) is 0 Å². The zero-order chi connectivity index (χ0) is 22.1. The van der Waals surface area contributed by atoms with Gasteiger partial charge in [-0.25, -0.2) is 23.0 Å². The van der Waals surface area contributed by atoms with Gasteiger partial charge in [-0.3, -0.25) is 4.57 Å².